The fourth-order valence-electron chi connectivity index (χ4n) is 4.34. The third kappa shape index (κ3) is 21.8. The van der Waals surface area contributed by atoms with Crippen LogP contribution in [0.25, 0.3) is 0 Å². The summed E-state index contributed by atoms with van der Waals surface area (Å²) < 4.78 is 0.699. The molecular formula is C26H52NO3+. The molecule has 0 aliphatic rings. The van der Waals surface area contributed by atoms with Gasteiger partial charge in [0.15, 0.2) is 0 Å². The highest BCUT2D eigenvalue weighted by molar-refractivity contribution is 5.79. The van der Waals surface area contributed by atoms with Crippen LogP contribution in [0.15, 0.2) is 0 Å². The summed E-state index contributed by atoms with van der Waals surface area (Å²) in [5.41, 5.74) is 0. The predicted molar refractivity (Wildman–Crippen MR) is 128 cm³/mol. The first-order valence-corrected chi connectivity index (χ1v) is 12.8. The minimum absolute atomic E-state index is 0.0497. The molecule has 1 unspecified atom stereocenters. The molecule has 0 radical (unpaired) electrons. The normalized spacial score (nSPS) is 12.8. The van der Waals surface area contributed by atoms with Gasteiger partial charge in [0, 0.05) is 18.8 Å². The maximum Gasteiger partial charge on any atom is 0.303 e. The van der Waals surface area contributed by atoms with Crippen LogP contribution in [0.5, 0.6) is 0 Å². The molecule has 4 heteroatoms. The first kappa shape index (κ1) is 29.1. The molecule has 0 amide bonds. The number of hydrogen-bond donors (Lipinski definition) is 1. The van der Waals surface area contributed by atoms with E-state index < -0.39 is 5.97 Å². The van der Waals surface area contributed by atoms with Crippen molar-refractivity contribution in [1.29, 1.82) is 0 Å². The van der Waals surface area contributed by atoms with E-state index in [1.54, 1.807) is 0 Å². The molecule has 30 heavy (non-hydrogen) atoms. The van der Waals surface area contributed by atoms with E-state index in [1.165, 1.54) is 83.5 Å². The maximum absolute atomic E-state index is 12.3. The summed E-state index contributed by atoms with van der Waals surface area (Å²) in [6, 6.07) is 0. The van der Waals surface area contributed by atoms with Crippen molar-refractivity contribution < 1.29 is 19.2 Å². The molecule has 4 nitrogen and oxygen atoms in total. The molecule has 0 aliphatic heterocycles. The van der Waals surface area contributed by atoms with Gasteiger partial charge in [0.25, 0.3) is 0 Å². The monoisotopic (exact) mass is 426 g/mol. The van der Waals surface area contributed by atoms with Gasteiger partial charge in [-0.2, -0.15) is 0 Å². The number of aliphatic carboxylic acids is 1. The van der Waals surface area contributed by atoms with Crippen molar-refractivity contribution in [3.63, 3.8) is 0 Å². The minimum atomic E-state index is -0.798. The summed E-state index contributed by atoms with van der Waals surface area (Å²) >= 11 is 0. The molecule has 0 bridgehead atoms. The van der Waals surface area contributed by atoms with Gasteiger partial charge in [0.05, 0.1) is 34.1 Å². The van der Waals surface area contributed by atoms with Crippen LogP contribution in [0.3, 0.4) is 0 Å². The number of rotatable bonds is 22. The van der Waals surface area contributed by atoms with Crippen molar-refractivity contribution in [2.45, 2.75) is 122 Å². The van der Waals surface area contributed by atoms with Crippen molar-refractivity contribution in [1.82, 2.24) is 0 Å². The van der Waals surface area contributed by atoms with E-state index >= 15 is 0 Å². The quantitative estimate of drug-likeness (QED) is 0.150. The molecule has 0 saturated heterocycles. The van der Waals surface area contributed by atoms with E-state index in [-0.39, 0.29) is 18.1 Å². The van der Waals surface area contributed by atoms with Crippen LogP contribution in [-0.4, -0.2) is 49.0 Å². The minimum Gasteiger partial charge on any atom is -0.481 e. The smallest absolute Gasteiger partial charge is 0.303 e. The number of hydrogen-bond acceptors (Lipinski definition) is 2. The Balaban J connectivity index is 3.56. The third-order valence-electron chi connectivity index (χ3n) is 5.84. The number of quaternary nitrogens is 1. The Hall–Kier alpha value is -0.900. The predicted octanol–water partition coefficient (Wildman–Crippen LogP) is 7.00. The molecule has 0 heterocycles. The summed E-state index contributed by atoms with van der Waals surface area (Å²) in [5, 5.41) is 9.09. The van der Waals surface area contributed by atoms with Crippen LogP contribution in [0, 0.1) is 5.92 Å². The fraction of sp³-hybridized carbons (Fsp3) is 0.923. The summed E-state index contributed by atoms with van der Waals surface area (Å²) in [6.45, 7) is 3.00. The third-order valence-corrected chi connectivity index (χ3v) is 5.84. The lowest BCUT2D eigenvalue weighted by molar-refractivity contribution is -0.873. The van der Waals surface area contributed by atoms with E-state index in [4.69, 9.17) is 5.11 Å². The second-order valence-electron chi connectivity index (χ2n) is 10.4. The van der Waals surface area contributed by atoms with Gasteiger partial charge in [-0.15, -0.1) is 0 Å². The number of carboxylic acids is 1. The second-order valence-corrected chi connectivity index (χ2v) is 10.4. The highest BCUT2D eigenvalue weighted by atomic mass is 16.4. The number of carbonyl (C=O) groups is 2. The Morgan fingerprint density at radius 2 is 1.07 bits per heavy atom. The zero-order valence-corrected chi connectivity index (χ0v) is 20.7. The molecule has 0 saturated carbocycles. The molecule has 0 aromatic rings. The van der Waals surface area contributed by atoms with Crippen LogP contribution >= 0.6 is 0 Å². The molecule has 0 aliphatic carbocycles. The Kier molecular flexibility index (Phi) is 18.3. The number of unbranched alkanes of at least 4 members (excludes halogenated alkanes) is 14. The average molecular weight is 427 g/mol. The lowest BCUT2D eigenvalue weighted by Gasteiger charge is -2.28. The largest absolute Gasteiger partial charge is 0.481 e. The number of Topliss-reactive ketones (excluding diaryl/α,β-unsaturated/α-hetero) is 1. The maximum atomic E-state index is 12.3. The average Bonchev–Trinajstić information content (AvgIpc) is 2.63. The van der Waals surface area contributed by atoms with Gasteiger partial charge >= 0.3 is 5.97 Å². The van der Waals surface area contributed by atoms with Crippen LogP contribution in [0.1, 0.15) is 122 Å². The number of carbonyl (C=O) groups excluding carboxylic acids is 1. The highest BCUT2D eigenvalue weighted by Gasteiger charge is 2.23. The van der Waals surface area contributed by atoms with Gasteiger partial charge in [-0.3, -0.25) is 9.59 Å². The van der Waals surface area contributed by atoms with Crippen LogP contribution < -0.4 is 0 Å². The molecule has 0 fully saturated rings. The van der Waals surface area contributed by atoms with Gasteiger partial charge in [0.1, 0.15) is 5.78 Å². The first-order chi connectivity index (χ1) is 14.2. The van der Waals surface area contributed by atoms with Gasteiger partial charge in [-0.25, -0.2) is 0 Å². The number of carboxylic acid groups (broad SMARTS) is 1. The van der Waals surface area contributed by atoms with Crippen LogP contribution in [-0.2, 0) is 9.59 Å². The molecule has 0 aromatic heterocycles. The van der Waals surface area contributed by atoms with Gasteiger partial charge in [-0.1, -0.05) is 96.8 Å². The standard InChI is InChI=1S/C26H51NO3/c1-5-6-7-8-9-10-11-12-13-14-15-16-17-18-19-20-25(28)21-24(22-26(29)30)23-27(2,3)4/h24H,5-23H2,1-4H3/p+1. The molecular weight excluding hydrogens is 374 g/mol. The molecule has 0 aromatic carbocycles. The van der Waals surface area contributed by atoms with Crippen molar-refractivity contribution in [2.75, 3.05) is 27.7 Å². The summed E-state index contributed by atoms with van der Waals surface area (Å²) in [5.74, 6) is -0.607. The van der Waals surface area contributed by atoms with Gasteiger partial charge < -0.3 is 9.59 Å². The van der Waals surface area contributed by atoms with E-state index in [1.807, 2.05) is 21.1 Å². The van der Waals surface area contributed by atoms with Crippen LogP contribution in [0.4, 0.5) is 0 Å². The number of nitrogens with zero attached hydrogens (tertiary/aromatic N) is 1. The van der Waals surface area contributed by atoms with Crippen molar-refractivity contribution in [2.24, 2.45) is 5.92 Å². The summed E-state index contributed by atoms with van der Waals surface area (Å²) in [6.07, 6.45) is 21.0. The number of ketones is 1. The zero-order valence-electron chi connectivity index (χ0n) is 20.7. The fourth-order valence-corrected chi connectivity index (χ4v) is 4.34. The Morgan fingerprint density at radius 3 is 1.43 bits per heavy atom. The van der Waals surface area contributed by atoms with Crippen molar-refractivity contribution in [3.8, 4) is 0 Å². The first-order valence-electron chi connectivity index (χ1n) is 12.8. The highest BCUT2D eigenvalue weighted by Crippen LogP contribution is 2.17. The summed E-state index contributed by atoms with van der Waals surface area (Å²) in [4.78, 5) is 23.3. The molecule has 1 N–H and O–H groups in total. The molecule has 0 rings (SSSR count). The van der Waals surface area contributed by atoms with E-state index in [9.17, 15) is 9.59 Å². The lowest BCUT2D eigenvalue weighted by atomic mass is 9.95. The molecule has 1 atom stereocenters. The molecule has 178 valence electrons. The topological polar surface area (TPSA) is 54.4 Å². The Labute approximate surface area is 187 Å². The van der Waals surface area contributed by atoms with Gasteiger partial charge in [0.2, 0.25) is 0 Å². The second kappa shape index (κ2) is 18.8. The van der Waals surface area contributed by atoms with Gasteiger partial charge in [-0.05, 0) is 6.42 Å². The Bertz CT molecular complexity index is 428. The van der Waals surface area contributed by atoms with Crippen LogP contribution in [0.2, 0.25) is 0 Å². The SMILES string of the molecule is CCCCCCCCCCCCCCCCCC(=O)CC(CC(=O)O)C[N+](C)(C)C. The van der Waals surface area contributed by atoms with E-state index in [0.29, 0.717) is 17.3 Å². The summed E-state index contributed by atoms with van der Waals surface area (Å²) in [7, 11) is 6.15. The van der Waals surface area contributed by atoms with E-state index in [0.717, 1.165) is 19.4 Å². The van der Waals surface area contributed by atoms with Crippen molar-refractivity contribution >= 4 is 11.8 Å². The lowest BCUT2D eigenvalue weighted by Crippen LogP contribution is -2.40. The molecule has 0 spiro atoms. The zero-order chi connectivity index (χ0) is 22.7. The van der Waals surface area contributed by atoms with Crippen molar-refractivity contribution in [3.05, 3.63) is 0 Å². The van der Waals surface area contributed by atoms with E-state index in [2.05, 4.69) is 6.92 Å². The Morgan fingerprint density at radius 1 is 0.667 bits per heavy atom.